The molecule has 2 rings (SSSR count). The lowest BCUT2D eigenvalue weighted by Gasteiger charge is -2.09. The molecular formula is C12H6BrCl2FN2O. The van der Waals surface area contributed by atoms with E-state index in [4.69, 9.17) is 23.2 Å². The molecule has 0 aliphatic heterocycles. The quantitative estimate of drug-likeness (QED) is 0.795. The third-order valence-electron chi connectivity index (χ3n) is 2.26. The molecule has 0 saturated heterocycles. The first kappa shape index (κ1) is 14.2. The molecule has 7 heteroatoms. The number of rotatable bonds is 2. The summed E-state index contributed by atoms with van der Waals surface area (Å²) in [4.78, 5) is 15.7. The Kier molecular flexibility index (Phi) is 4.39. The molecular weight excluding hydrogens is 358 g/mol. The van der Waals surface area contributed by atoms with Crippen LogP contribution in [0.3, 0.4) is 0 Å². The zero-order chi connectivity index (χ0) is 14.0. The topological polar surface area (TPSA) is 42.0 Å². The van der Waals surface area contributed by atoms with E-state index in [1.54, 1.807) is 6.07 Å². The largest absolute Gasteiger partial charge is 0.318 e. The maximum atomic E-state index is 13.6. The van der Waals surface area contributed by atoms with Crippen LogP contribution in [0.5, 0.6) is 0 Å². The highest BCUT2D eigenvalue weighted by Crippen LogP contribution is 2.26. The molecule has 0 aliphatic rings. The zero-order valence-corrected chi connectivity index (χ0v) is 12.4. The zero-order valence-electron chi connectivity index (χ0n) is 9.25. The number of carbonyl (C=O) groups is 1. The average molecular weight is 364 g/mol. The summed E-state index contributed by atoms with van der Waals surface area (Å²) in [6, 6.07) is 7.22. The highest BCUT2D eigenvalue weighted by Gasteiger charge is 2.15. The molecule has 98 valence electrons. The highest BCUT2D eigenvalue weighted by atomic mass is 79.9. The fraction of sp³-hybridized carbons (Fsp3) is 0. The van der Waals surface area contributed by atoms with Gasteiger partial charge in [-0.1, -0.05) is 29.3 Å². The van der Waals surface area contributed by atoms with Crippen molar-refractivity contribution in [2.45, 2.75) is 0 Å². The van der Waals surface area contributed by atoms with Gasteiger partial charge in [0, 0.05) is 4.47 Å². The van der Waals surface area contributed by atoms with E-state index in [0.717, 1.165) is 0 Å². The summed E-state index contributed by atoms with van der Waals surface area (Å²) in [7, 11) is 0. The van der Waals surface area contributed by atoms with E-state index in [2.05, 4.69) is 26.2 Å². The molecule has 0 saturated carbocycles. The molecule has 1 heterocycles. The van der Waals surface area contributed by atoms with Crippen LogP contribution < -0.4 is 5.32 Å². The second-order valence-corrected chi connectivity index (χ2v) is 5.12. The van der Waals surface area contributed by atoms with Crippen LogP contribution >= 0.6 is 39.1 Å². The first-order valence-electron chi connectivity index (χ1n) is 5.06. The third-order valence-corrected chi connectivity index (χ3v) is 3.42. The molecule has 0 fully saturated rings. The molecule has 0 radical (unpaired) electrons. The van der Waals surface area contributed by atoms with E-state index in [0.29, 0.717) is 4.47 Å². The molecule has 19 heavy (non-hydrogen) atoms. The van der Waals surface area contributed by atoms with Gasteiger partial charge in [-0.05, 0) is 40.2 Å². The summed E-state index contributed by atoms with van der Waals surface area (Å²) in [5.41, 5.74) is 0.153. The van der Waals surface area contributed by atoms with Gasteiger partial charge in [-0.15, -0.1) is 0 Å². The SMILES string of the molecule is O=C(Nc1c(F)cccc1Br)c1ccc(Cl)nc1Cl. The van der Waals surface area contributed by atoms with Crippen molar-refractivity contribution < 1.29 is 9.18 Å². The van der Waals surface area contributed by atoms with Crippen LogP contribution in [0.25, 0.3) is 0 Å². The molecule has 0 aliphatic carbocycles. The molecule has 1 aromatic carbocycles. The average Bonchev–Trinajstić information content (AvgIpc) is 2.33. The van der Waals surface area contributed by atoms with E-state index >= 15 is 0 Å². The molecule has 0 spiro atoms. The van der Waals surface area contributed by atoms with Gasteiger partial charge in [0.25, 0.3) is 5.91 Å². The van der Waals surface area contributed by atoms with E-state index in [1.807, 2.05) is 0 Å². The smallest absolute Gasteiger partial charge is 0.258 e. The van der Waals surface area contributed by atoms with Gasteiger partial charge in [0.1, 0.15) is 16.1 Å². The minimum absolute atomic E-state index is 0.0403. The Balaban J connectivity index is 2.31. The minimum atomic E-state index is -0.569. The first-order chi connectivity index (χ1) is 8.99. The van der Waals surface area contributed by atoms with Crippen molar-refractivity contribution in [2.75, 3.05) is 5.32 Å². The standard InChI is InChI=1S/C12H6BrCl2FN2O/c13-7-2-1-3-8(16)10(7)18-12(19)6-4-5-9(14)17-11(6)15/h1-5H,(H,18,19). The van der Waals surface area contributed by atoms with Crippen LogP contribution in [-0.2, 0) is 0 Å². The van der Waals surface area contributed by atoms with Gasteiger partial charge in [0.2, 0.25) is 0 Å². The summed E-state index contributed by atoms with van der Waals surface area (Å²) in [5.74, 6) is -1.12. The number of nitrogens with zero attached hydrogens (tertiary/aromatic N) is 1. The van der Waals surface area contributed by atoms with Gasteiger partial charge in [-0.2, -0.15) is 0 Å². The Bertz CT molecular complexity index is 631. The van der Waals surface area contributed by atoms with Crippen molar-refractivity contribution in [2.24, 2.45) is 0 Å². The summed E-state index contributed by atoms with van der Waals surface area (Å²) in [5, 5.41) is 2.56. The number of aromatic nitrogens is 1. The van der Waals surface area contributed by atoms with Crippen LogP contribution in [0, 0.1) is 5.82 Å². The predicted molar refractivity (Wildman–Crippen MR) is 76.3 cm³/mol. The van der Waals surface area contributed by atoms with E-state index in [-0.39, 0.29) is 21.6 Å². The normalized spacial score (nSPS) is 10.3. The Morgan fingerprint density at radius 1 is 1.26 bits per heavy atom. The molecule has 1 aromatic heterocycles. The van der Waals surface area contributed by atoms with Crippen molar-refractivity contribution in [3.63, 3.8) is 0 Å². The lowest BCUT2D eigenvalue weighted by atomic mass is 10.2. The number of anilines is 1. The lowest BCUT2D eigenvalue weighted by molar-refractivity contribution is 0.102. The number of pyridine rings is 1. The van der Waals surface area contributed by atoms with Gasteiger partial charge < -0.3 is 5.32 Å². The number of nitrogens with one attached hydrogen (secondary N) is 1. The maximum Gasteiger partial charge on any atom is 0.258 e. The summed E-state index contributed by atoms with van der Waals surface area (Å²) in [6.07, 6.45) is 0. The minimum Gasteiger partial charge on any atom is -0.318 e. The monoisotopic (exact) mass is 362 g/mol. The number of carbonyl (C=O) groups excluding carboxylic acids is 1. The van der Waals surface area contributed by atoms with Crippen LogP contribution in [0.2, 0.25) is 10.3 Å². The van der Waals surface area contributed by atoms with E-state index in [1.165, 1.54) is 24.3 Å². The molecule has 0 atom stereocenters. The molecule has 0 bridgehead atoms. The molecule has 1 amide bonds. The first-order valence-corrected chi connectivity index (χ1v) is 6.61. The predicted octanol–water partition coefficient (Wildman–Crippen LogP) is 4.54. The van der Waals surface area contributed by atoms with Gasteiger partial charge >= 0.3 is 0 Å². The van der Waals surface area contributed by atoms with Crippen LogP contribution in [0.4, 0.5) is 10.1 Å². The van der Waals surface area contributed by atoms with Gasteiger partial charge in [-0.25, -0.2) is 9.37 Å². The van der Waals surface area contributed by atoms with E-state index < -0.39 is 11.7 Å². The molecule has 2 aromatic rings. The maximum absolute atomic E-state index is 13.6. The van der Waals surface area contributed by atoms with Crippen LogP contribution in [-0.4, -0.2) is 10.9 Å². The molecule has 1 N–H and O–H groups in total. The van der Waals surface area contributed by atoms with Crippen molar-refractivity contribution in [3.8, 4) is 0 Å². The number of amides is 1. The highest BCUT2D eigenvalue weighted by molar-refractivity contribution is 9.10. The van der Waals surface area contributed by atoms with Crippen LogP contribution in [0.1, 0.15) is 10.4 Å². The van der Waals surface area contributed by atoms with Crippen molar-refractivity contribution in [1.29, 1.82) is 0 Å². The number of para-hydroxylation sites is 1. The lowest BCUT2D eigenvalue weighted by Crippen LogP contribution is -2.14. The second kappa shape index (κ2) is 5.86. The van der Waals surface area contributed by atoms with E-state index in [9.17, 15) is 9.18 Å². The fourth-order valence-electron chi connectivity index (χ4n) is 1.38. The van der Waals surface area contributed by atoms with Crippen molar-refractivity contribution in [1.82, 2.24) is 4.98 Å². The Hall–Kier alpha value is -1.17. The second-order valence-electron chi connectivity index (χ2n) is 3.52. The number of halogens is 4. The Morgan fingerprint density at radius 2 is 2.00 bits per heavy atom. The van der Waals surface area contributed by atoms with Gasteiger partial charge in [0.15, 0.2) is 0 Å². The van der Waals surface area contributed by atoms with Crippen molar-refractivity contribution >= 4 is 50.7 Å². The van der Waals surface area contributed by atoms with Crippen molar-refractivity contribution in [3.05, 3.63) is 56.5 Å². The number of hydrogen-bond donors (Lipinski definition) is 1. The third kappa shape index (κ3) is 3.23. The van der Waals surface area contributed by atoms with Gasteiger partial charge in [-0.3, -0.25) is 4.79 Å². The fourth-order valence-corrected chi connectivity index (χ4v) is 2.25. The van der Waals surface area contributed by atoms with Crippen LogP contribution in [0.15, 0.2) is 34.8 Å². The summed E-state index contributed by atoms with van der Waals surface area (Å²) < 4.78 is 14.0. The molecule has 0 unspecified atom stereocenters. The van der Waals surface area contributed by atoms with Gasteiger partial charge in [0.05, 0.1) is 11.3 Å². The number of benzene rings is 1. The number of hydrogen-bond acceptors (Lipinski definition) is 2. The summed E-state index contributed by atoms with van der Waals surface area (Å²) in [6.45, 7) is 0. The Morgan fingerprint density at radius 3 is 2.63 bits per heavy atom. The Labute approximate surface area is 126 Å². The summed E-state index contributed by atoms with van der Waals surface area (Å²) >= 11 is 14.6. The molecule has 3 nitrogen and oxygen atoms in total.